The number of benzene rings is 1. The fraction of sp³-hybridized carbons (Fsp3) is 0.412. The molecule has 0 N–H and O–H groups in total. The molecular formula is C17H22N6O4S. The molecule has 2 aromatic rings. The second-order valence-corrected chi connectivity index (χ2v) is 7.00. The number of aromatic nitrogens is 3. The van der Waals surface area contributed by atoms with E-state index >= 15 is 0 Å². The average Bonchev–Trinajstić information content (AvgIpc) is 3.06. The number of nitro groups is 1. The molecule has 0 saturated heterocycles. The van der Waals surface area contributed by atoms with Crippen molar-refractivity contribution in [3.05, 3.63) is 40.2 Å². The molecule has 0 unspecified atom stereocenters. The van der Waals surface area contributed by atoms with Crippen LogP contribution in [0.25, 0.3) is 0 Å². The molecular weight excluding hydrogens is 384 g/mol. The summed E-state index contributed by atoms with van der Waals surface area (Å²) in [4.78, 5) is 39.0. The summed E-state index contributed by atoms with van der Waals surface area (Å²) < 4.78 is 1.64. The summed E-state index contributed by atoms with van der Waals surface area (Å²) in [6.45, 7) is 4.73. The summed E-state index contributed by atoms with van der Waals surface area (Å²) >= 11 is 1.09. The third-order valence-electron chi connectivity index (χ3n) is 4.11. The normalized spacial score (nSPS) is 10.6. The first-order valence-corrected chi connectivity index (χ1v) is 9.43. The highest BCUT2D eigenvalue weighted by molar-refractivity contribution is 7.99. The Morgan fingerprint density at radius 2 is 1.96 bits per heavy atom. The minimum Gasteiger partial charge on any atom is -0.342 e. The van der Waals surface area contributed by atoms with Crippen molar-refractivity contribution in [1.29, 1.82) is 0 Å². The molecule has 0 aliphatic carbocycles. The summed E-state index contributed by atoms with van der Waals surface area (Å²) in [7, 11) is 3.23. The molecule has 2 rings (SSSR count). The Hall–Kier alpha value is -2.95. The number of nitrogens with zero attached hydrogens (tertiary/aromatic N) is 6. The molecule has 0 bridgehead atoms. The maximum absolute atomic E-state index is 12.6. The maximum Gasteiger partial charge on any atom is 0.284 e. The summed E-state index contributed by atoms with van der Waals surface area (Å²) in [6.07, 6.45) is 1.49. The van der Waals surface area contributed by atoms with Gasteiger partial charge in [0.05, 0.1) is 16.4 Å². The molecule has 1 heterocycles. The SMILES string of the molecule is CCN(CC)C(=O)CN(C)C(=O)c1ccc(Sc2nncn2C)c([N+](=O)[O-])c1. The molecule has 28 heavy (non-hydrogen) atoms. The molecule has 1 aromatic heterocycles. The van der Waals surface area contributed by atoms with Crippen LogP contribution in [0.5, 0.6) is 0 Å². The maximum atomic E-state index is 12.6. The lowest BCUT2D eigenvalue weighted by molar-refractivity contribution is -0.387. The molecule has 0 spiro atoms. The second-order valence-electron chi connectivity index (χ2n) is 5.99. The van der Waals surface area contributed by atoms with Crippen molar-refractivity contribution in [3.63, 3.8) is 0 Å². The van der Waals surface area contributed by atoms with E-state index < -0.39 is 10.8 Å². The molecule has 0 aliphatic heterocycles. The Labute approximate surface area is 166 Å². The standard InChI is InChI=1S/C17H22N6O4S/c1-5-22(6-2)15(24)10-20(3)16(25)12-7-8-14(13(9-12)23(26)27)28-17-19-18-11-21(17)4/h7-9,11H,5-6,10H2,1-4H3. The zero-order chi connectivity index (χ0) is 20.8. The number of hydrogen-bond acceptors (Lipinski definition) is 7. The molecule has 0 radical (unpaired) electrons. The van der Waals surface area contributed by atoms with Gasteiger partial charge in [-0.25, -0.2) is 0 Å². The lowest BCUT2D eigenvalue weighted by Gasteiger charge is -2.23. The van der Waals surface area contributed by atoms with Crippen LogP contribution in [0, 0.1) is 10.1 Å². The fourth-order valence-electron chi connectivity index (χ4n) is 2.51. The van der Waals surface area contributed by atoms with Gasteiger partial charge in [0.1, 0.15) is 6.33 Å². The summed E-state index contributed by atoms with van der Waals surface area (Å²) in [5, 5.41) is 19.6. The minimum absolute atomic E-state index is 0.0935. The van der Waals surface area contributed by atoms with Crippen molar-refractivity contribution in [2.45, 2.75) is 23.9 Å². The predicted octanol–water partition coefficient (Wildman–Crippen LogP) is 1.81. The van der Waals surface area contributed by atoms with E-state index in [0.29, 0.717) is 23.1 Å². The Kier molecular flexibility index (Phi) is 7.10. The predicted molar refractivity (Wildman–Crippen MR) is 103 cm³/mol. The topological polar surface area (TPSA) is 114 Å². The second kappa shape index (κ2) is 9.31. The van der Waals surface area contributed by atoms with Crippen LogP contribution in [0.1, 0.15) is 24.2 Å². The van der Waals surface area contributed by atoms with E-state index in [1.54, 1.807) is 16.5 Å². The van der Waals surface area contributed by atoms with Crippen LogP contribution < -0.4 is 0 Å². The van der Waals surface area contributed by atoms with E-state index in [1.165, 1.54) is 36.5 Å². The van der Waals surface area contributed by atoms with Gasteiger partial charge in [-0.1, -0.05) is 0 Å². The number of likely N-dealkylation sites (N-methyl/N-ethyl adjacent to an activating group) is 2. The molecule has 2 amide bonds. The van der Waals surface area contributed by atoms with Crippen molar-refractivity contribution < 1.29 is 14.5 Å². The fourth-order valence-corrected chi connectivity index (χ4v) is 3.36. The quantitative estimate of drug-likeness (QED) is 0.485. The smallest absolute Gasteiger partial charge is 0.284 e. The van der Waals surface area contributed by atoms with Crippen molar-refractivity contribution >= 4 is 29.3 Å². The average molecular weight is 406 g/mol. The molecule has 0 saturated carbocycles. The van der Waals surface area contributed by atoms with Gasteiger partial charge < -0.3 is 14.4 Å². The molecule has 0 aliphatic rings. The lowest BCUT2D eigenvalue weighted by Crippen LogP contribution is -2.41. The van der Waals surface area contributed by atoms with Crippen molar-refractivity contribution in [2.75, 3.05) is 26.7 Å². The largest absolute Gasteiger partial charge is 0.342 e. The highest BCUT2D eigenvalue weighted by Crippen LogP contribution is 2.34. The number of hydrogen-bond donors (Lipinski definition) is 0. The van der Waals surface area contributed by atoms with E-state index in [2.05, 4.69) is 10.2 Å². The van der Waals surface area contributed by atoms with Gasteiger partial charge in [-0.15, -0.1) is 10.2 Å². The Morgan fingerprint density at radius 1 is 1.29 bits per heavy atom. The van der Waals surface area contributed by atoms with Gasteiger partial charge in [0.15, 0.2) is 5.16 Å². The van der Waals surface area contributed by atoms with Crippen LogP contribution in [0.4, 0.5) is 5.69 Å². The van der Waals surface area contributed by atoms with Crippen molar-refractivity contribution in [1.82, 2.24) is 24.6 Å². The third-order valence-corrected chi connectivity index (χ3v) is 5.23. The number of nitro benzene ring substituents is 1. The summed E-state index contributed by atoms with van der Waals surface area (Å²) in [5.41, 5.74) is -0.0637. The Balaban J connectivity index is 2.22. The Morgan fingerprint density at radius 3 is 2.50 bits per heavy atom. The highest BCUT2D eigenvalue weighted by atomic mass is 32.2. The summed E-state index contributed by atoms with van der Waals surface area (Å²) in [6, 6.07) is 4.23. The van der Waals surface area contributed by atoms with Gasteiger partial charge in [-0.3, -0.25) is 19.7 Å². The summed E-state index contributed by atoms with van der Waals surface area (Å²) in [5.74, 6) is -0.636. The number of carbonyl (C=O) groups is 2. The first-order chi connectivity index (χ1) is 13.3. The van der Waals surface area contributed by atoms with Crippen molar-refractivity contribution in [3.8, 4) is 0 Å². The van der Waals surface area contributed by atoms with E-state index in [0.717, 1.165) is 11.8 Å². The van der Waals surface area contributed by atoms with E-state index in [9.17, 15) is 19.7 Å². The van der Waals surface area contributed by atoms with Gasteiger partial charge in [0, 0.05) is 38.8 Å². The number of rotatable bonds is 8. The van der Waals surface area contributed by atoms with Crippen LogP contribution in [0.3, 0.4) is 0 Å². The minimum atomic E-state index is -0.545. The molecule has 11 heteroatoms. The van der Waals surface area contributed by atoms with Crippen LogP contribution in [-0.2, 0) is 11.8 Å². The first-order valence-electron chi connectivity index (χ1n) is 8.61. The first kappa shape index (κ1) is 21.4. The molecule has 0 fully saturated rings. The number of amides is 2. The highest BCUT2D eigenvalue weighted by Gasteiger charge is 2.23. The third kappa shape index (κ3) is 4.85. The lowest BCUT2D eigenvalue weighted by atomic mass is 10.1. The zero-order valence-corrected chi connectivity index (χ0v) is 17.0. The number of carbonyl (C=O) groups excluding carboxylic acids is 2. The van der Waals surface area contributed by atoms with Crippen LogP contribution in [0.2, 0.25) is 0 Å². The van der Waals surface area contributed by atoms with Crippen molar-refractivity contribution in [2.24, 2.45) is 7.05 Å². The van der Waals surface area contributed by atoms with Crippen LogP contribution in [-0.4, -0.2) is 68.0 Å². The molecule has 150 valence electrons. The number of aryl methyl sites for hydroxylation is 1. The van der Waals surface area contributed by atoms with Crippen LogP contribution in [0.15, 0.2) is 34.6 Å². The Bertz CT molecular complexity index is 880. The van der Waals surface area contributed by atoms with Gasteiger partial charge >= 0.3 is 0 Å². The molecule has 0 atom stereocenters. The molecule has 1 aromatic carbocycles. The van der Waals surface area contributed by atoms with Gasteiger partial charge in [-0.2, -0.15) is 0 Å². The van der Waals surface area contributed by atoms with E-state index in [1.807, 2.05) is 13.8 Å². The van der Waals surface area contributed by atoms with E-state index in [-0.39, 0.29) is 23.7 Å². The van der Waals surface area contributed by atoms with Crippen LogP contribution >= 0.6 is 11.8 Å². The van der Waals surface area contributed by atoms with E-state index in [4.69, 9.17) is 0 Å². The van der Waals surface area contributed by atoms with Gasteiger partial charge in [-0.05, 0) is 37.7 Å². The molecule has 10 nitrogen and oxygen atoms in total. The van der Waals surface area contributed by atoms with Gasteiger partial charge in [0.25, 0.3) is 11.6 Å². The monoisotopic (exact) mass is 406 g/mol. The zero-order valence-electron chi connectivity index (χ0n) is 16.2. The van der Waals surface area contributed by atoms with Gasteiger partial charge in [0.2, 0.25) is 5.91 Å².